The van der Waals surface area contributed by atoms with Gasteiger partial charge in [0, 0.05) is 29.8 Å². The molecule has 0 amide bonds. The summed E-state index contributed by atoms with van der Waals surface area (Å²) in [6.07, 6.45) is 4.38. The van der Waals surface area contributed by atoms with Crippen LogP contribution in [0, 0.1) is 5.20 Å². The lowest BCUT2D eigenvalue weighted by molar-refractivity contribution is 0.538. The van der Waals surface area contributed by atoms with Gasteiger partial charge in [0.05, 0.1) is 0 Å². The van der Waals surface area contributed by atoms with Crippen LogP contribution in [0.4, 0.5) is 0 Å². The van der Waals surface area contributed by atoms with Crippen molar-refractivity contribution in [1.82, 2.24) is 9.13 Å². The Morgan fingerprint density at radius 3 is 1.78 bits per heavy atom. The fourth-order valence-corrected chi connectivity index (χ4v) is 3.33. The minimum absolute atomic E-state index is 0.496. The van der Waals surface area contributed by atoms with E-state index >= 15 is 0 Å². The molecule has 0 aliphatic rings. The van der Waals surface area contributed by atoms with Crippen molar-refractivity contribution >= 4 is 13.5 Å². The maximum Gasteiger partial charge on any atom is 0.141 e. The number of nitrogens with zero attached hydrogens (tertiary/aromatic N) is 2. The molecule has 2 aromatic rings. The van der Waals surface area contributed by atoms with Gasteiger partial charge in [-0.2, -0.15) is 0 Å². The smallest absolute Gasteiger partial charge is 0.141 e. The zero-order chi connectivity index (χ0) is 13.1. The third-order valence-electron chi connectivity index (χ3n) is 2.95. The zero-order valence-electron chi connectivity index (χ0n) is 11.5. The summed E-state index contributed by atoms with van der Waals surface area (Å²) >= 11 is 0. The van der Waals surface area contributed by atoms with E-state index in [2.05, 4.69) is 79.6 Å². The minimum atomic E-state index is 0.496. The van der Waals surface area contributed by atoms with Crippen molar-refractivity contribution in [1.29, 1.82) is 0 Å². The van der Waals surface area contributed by atoms with Crippen LogP contribution in [-0.2, 0) is 0 Å². The SMILES string of the molecule is CC(C)n1ccn(C(C)C)c1=Pc1ccccc1. The molecule has 0 fully saturated rings. The van der Waals surface area contributed by atoms with Crippen LogP contribution in [-0.4, -0.2) is 9.13 Å². The first-order chi connectivity index (χ1) is 8.59. The third kappa shape index (κ3) is 2.76. The number of aromatic nitrogens is 2. The first kappa shape index (κ1) is 13.2. The van der Waals surface area contributed by atoms with Gasteiger partial charge in [0.2, 0.25) is 0 Å². The third-order valence-corrected chi connectivity index (χ3v) is 4.17. The second kappa shape index (κ2) is 5.58. The first-order valence-corrected chi connectivity index (χ1v) is 7.38. The van der Waals surface area contributed by atoms with Crippen LogP contribution in [0.25, 0.3) is 0 Å². The van der Waals surface area contributed by atoms with Crippen molar-refractivity contribution in [3.8, 4) is 0 Å². The second-order valence-electron chi connectivity index (χ2n) is 5.05. The fourth-order valence-electron chi connectivity index (χ4n) is 1.95. The lowest BCUT2D eigenvalue weighted by Crippen LogP contribution is -2.06. The van der Waals surface area contributed by atoms with Crippen LogP contribution in [0.5, 0.6) is 0 Å². The van der Waals surface area contributed by atoms with Crippen LogP contribution in [0.15, 0.2) is 42.7 Å². The highest BCUT2D eigenvalue weighted by molar-refractivity contribution is 7.38. The lowest BCUT2D eigenvalue weighted by Gasteiger charge is -2.11. The molecule has 18 heavy (non-hydrogen) atoms. The van der Waals surface area contributed by atoms with Crippen molar-refractivity contribution in [2.24, 2.45) is 0 Å². The van der Waals surface area contributed by atoms with Crippen molar-refractivity contribution in [3.63, 3.8) is 0 Å². The Morgan fingerprint density at radius 2 is 1.33 bits per heavy atom. The summed E-state index contributed by atoms with van der Waals surface area (Å²) < 4.78 is 4.71. The fraction of sp³-hybridized carbons (Fsp3) is 0.400. The summed E-state index contributed by atoms with van der Waals surface area (Å²) in [5.74, 6) is 0. The van der Waals surface area contributed by atoms with Crippen molar-refractivity contribution < 1.29 is 0 Å². The first-order valence-electron chi connectivity index (χ1n) is 6.48. The zero-order valence-corrected chi connectivity index (χ0v) is 12.4. The Bertz CT molecular complexity index is 533. The van der Waals surface area contributed by atoms with E-state index < -0.39 is 0 Å². The molecule has 1 aromatic heterocycles. The van der Waals surface area contributed by atoms with E-state index in [1.807, 2.05) is 0 Å². The monoisotopic (exact) mass is 260 g/mol. The molecule has 0 spiro atoms. The molecule has 0 aliphatic carbocycles. The van der Waals surface area contributed by atoms with Gasteiger partial charge in [-0.05, 0) is 35.9 Å². The van der Waals surface area contributed by atoms with Gasteiger partial charge in [0.15, 0.2) is 0 Å². The Kier molecular flexibility index (Phi) is 4.08. The molecule has 0 saturated heterocycles. The molecular weight excluding hydrogens is 239 g/mol. The van der Waals surface area contributed by atoms with Crippen molar-refractivity contribution in [2.75, 3.05) is 0 Å². The molecule has 3 heteroatoms. The average molecular weight is 260 g/mol. The molecule has 0 radical (unpaired) electrons. The van der Waals surface area contributed by atoms with E-state index in [-0.39, 0.29) is 0 Å². The maximum atomic E-state index is 2.36. The predicted octanol–water partition coefficient (Wildman–Crippen LogP) is 4.26. The standard InChI is InChI=1S/C15H21N2P/c1-12(2)16-10-11-17(13(3)4)15(16)18-14-8-6-5-7-9-14/h5-13H,1-4H3. The molecule has 0 aliphatic heterocycles. The molecule has 0 unspecified atom stereocenters. The Labute approximate surface area is 111 Å². The van der Waals surface area contributed by atoms with E-state index in [0.717, 1.165) is 0 Å². The highest BCUT2D eigenvalue weighted by Gasteiger charge is 2.06. The summed E-state index contributed by atoms with van der Waals surface area (Å²) in [6, 6.07) is 11.6. The molecule has 1 heterocycles. The molecule has 0 bridgehead atoms. The molecular formula is C15H21N2P. The van der Waals surface area contributed by atoms with Crippen LogP contribution >= 0.6 is 8.20 Å². The number of hydrogen-bond donors (Lipinski definition) is 0. The summed E-state index contributed by atoms with van der Waals surface area (Å²) in [4.78, 5) is 0. The van der Waals surface area contributed by atoms with Crippen molar-refractivity contribution in [2.45, 2.75) is 39.8 Å². The molecule has 2 rings (SSSR count). The quantitative estimate of drug-likeness (QED) is 0.730. The summed E-state index contributed by atoms with van der Waals surface area (Å²) in [7, 11) is 1.27. The van der Waals surface area contributed by atoms with Gasteiger partial charge in [-0.1, -0.05) is 30.3 Å². The van der Waals surface area contributed by atoms with Crippen molar-refractivity contribution in [3.05, 3.63) is 47.9 Å². The van der Waals surface area contributed by atoms with E-state index in [1.165, 1.54) is 18.7 Å². The van der Waals surface area contributed by atoms with Crippen LogP contribution in [0.2, 0.25) is 0 Å². The van der Waals surface area contributed by atoms with E-state index in [1.54, 1.807) is 0 Å². The summed E-state index contributed by atoms with van der Waals surface area (Å²) in [5.41, 5.74) is 0. The largest absolute Gasteiger partial charge is 0.327 e. The highest BCUT2D eigenvalue weighted by atomic mass is 31.1. The Morgan fingerprint density at radius 1 is 0.833 bits per heavy atom. The topological polar surface area (TPSA) is 9.86 Å². The minimum Gasteiger partial charge on any atom is -0.327 e. The van der Waals surface area contributed by atoms with Gasteiger partial charge in [0.25, 0.3) is 0 Å². The van der Waals surface area contributed by atoms with Gasteiger partial charge in [-0.25, -0.2) is 0 Å². The van der Waals surface area contributed by atoms with E-state index in [0.29, 0.717) is 12.1 Å². The summed E-state index contributed by atoms with van der Waals surface area (Å²) in [5, 5.41) is 2.69. The van der Waals surface area contributed by atoms with Crippen LogP contribution in [0.3, 0.4) is 0 Å². The summed E-state index contributed by atoms with van der Waals surface area (Å²) in [6.45, 7) is 8.92. The van der Waals surface area contributed by atoms with Crippen LogP contribution < -0.4 is 5.30 Å². The molecule has 0 saturated carbocycles. The molecule has 0 N–H and O–H groups in total. The van der Waals surface area contributed by atoms with Gasteiger partial charge >= 0.3 is 0 Å². The predicted molar refractivity (Wildman–Crippen MR) is 79.4 cm³/mol. The molecule has 2 nitrogen and oxygen atoms in total. The van der Waals surface area contributed by atoms with Gasteiger partial charge < -0.3 is 9.13 Å². The maximum absolute atomic E-state index is 2.36. The molecule has 0 atom stereocenters. The average Bonchev–Trinajstić information content (AvgIpc) is 2.74. The Hall–Kier alpha value is -1.27. The second-order valence-corrected chi connectivity index (χ2v) is 6.19. The number of benzene rings is 1. The van der Waals surface area contributed by atoms with E-state index in [4.69, 9.17) is 0 Å². The number of hydrogen-bond acceptors (Lipinski definition) is 0. The molecule has 1 aromatic carbocycles. The van der Waals surface area contributed by atoms with Gasteiger partial charge in [-0.3, -0.25) is 0 Å². The Balaban J connectivity index is 2.60. The van der Waals surface area contributed by atoms with Crippen LogP contribution in [0.1, 0.15) is 39.8 Å². The highest BCUT2D eigenvalue weighted by Crippen LogP contribution is 2.17. The normalized spacial score (nSPS) is 11.7. The van der Waals surface area contributed by atoms with Gasteiger partial charge in [0.1, 0.15) is 5.20 Å². The number of rotatable bonds is 3. The lowest BCUT2D eigenvalue weighted by atomic mass is 10.4. The van der Waals surface area contributed by atoms with Gasteiger partial charge in [-0.15, -0.1) is 0 Å². The molecule has 96 valence electrons. The van der Waals surface area contributed by atoms with E-state index in [9.17, 15) is 0 Å². The number of imidazole rings is 1.